The number of imidazole rings is 1. The lowest BCUT2D eigenvalue weighted by Gasteiger charge is -2.18. The van der Waals surface area contributed by atoms with E-state index in [4.69, 9.17) is 0 Å². The summed E-state index contributed by atoms with van der Waals surface area (Å²) in [5.74, 6) is -0.334. The fraction of sp³-hybridized carbons (Fsp3) is 0.136. The summed E-state index contributed by atoms with van der Waals surface area (Å²) in [6, 6.07) is 16.7. The largest absolute Gasteiger partial charge is 0.349 e. The van der Waals surface area contributed by atoms with Crippen LogP contribution in [0.25, 0.3) is 16.2 Å². The van der Waals surface area contributed by atoms with Crippen LogP contribution in [0, 0.1) is 0 Å². The lowest BCUT2D eigenvalue weighted by molar-refractivity contribution is -0.120. The van der Waals surface area contributed by atoms with E-state index >= 15 is 0 Å². The Hall–Kier alpha value is -3.45. The molecule has 0 fully saturated rings. The molecule has 6 nitrogen and oxygen atoms in total. The molecule has 7 heteroatoms. The molecule has 0 aliphatic carbocycles. The average molecular weight is 404 g/mol. The first kappa shape index (κ1) is 18.9. The van der Waals surface area contributed by atoms with E-state index in [1.54, 1.807) is 11.3 Å². The van der Waals surface area contributed by atoms with E-state index in [0.29, 0.717) is 5.69 Å². The number of amides is 2. The average Bonchev–Trinajstić information content (AvgIpc) is 3.31. The van der Waals surface area contributed by atoms with Gasteiger partial charge in [0, 0.05) is 35.9 Å². The van der Waals surface area contributed by atoms with Gasteiger partial charge in [0.1, 0.15) is 0 Å². The Bertz CT molecular complexity index is 1100. The van der Waals surface area contributed by atoms with Crippen molar-refractivity contribution < 1.29 is 9.59 Å². The van der Waals surface area contributed by atoms with Crippen LogP contribution in [-0.2, 0) is 9.59 Å². The second-order valence-electron chi connectivity index (χ2n) is 6.71. The Labute approximate surface area is 172 Å². The second-order valence-corrected chi connectivity index (χ2v) is 7.59. The van der Waals surface area contributed by atoms with Crippen molar-refractivity contribution in [3.8, 4) is 11.3 Å². The van der Waals surface area contributed by atoms with Crippen LogP contribution in [0.1, 0.15) is 24.9 Å². The monoisotopic (exact) mass is 404 g/mol. The number of hydrogen-bond acceptors (Lipinski definition) is 4. The quantitative estimate of drug-likeness (QED) is 0.504. The molecular weight excluding hydrogens is 384 g/mol. The van der Waals surface area contributed by atoms with Crippen molar-refractivity contribution in [1.29, 1.82) is 0 Å². The van der Waals surface area contributed by atoms with Crippen molar-refractivity contribution in [2.45, 2.75) is 19.4 Å². The molecule has 2 aromatic heterocycles. The molecule has 1 atom stereocenters. The van der Waals surface area contributed by atoms with Crippen LogP contribution < -0.4 is 10.6 Å². The summed E-state index contributed by atoms with van der Waals surface area (Å²) in [5.41, 5.74) is 3.48. The first-order valence-corrected chi connectivity index (χ1v) is 10.1. The third-order valence-corrected chi connectivity index (χ3v) is 5.30. The van der Waals surface area contributed by atoms with Crippen molar-refractivity contribution in [1.82, 2.24) is 14.7 Å². The number of hydrogen-bond donors (Lipinski definition) is 2. The SMILES string of the molecule is CC(=O)NC(CC(=O)Nc1ccc(-c2cn3ccsc3n2)cc1)c1ccccc1. The summed E-state index contributed by atoms with van der Waals surface area (Å²) < 4.78 is 1.99. The fourth-order valence-corrected chi connectivity index (χ4v) is 3.87. The molecule has 2 amide bonds. The molecule has 1 unspecified atom stereocenters. The van der Waals surface area contributed by atoms with E-state index in [1.165, 1.54) is 6.92 Å². The molecule has 0 bridgehead atoms. The predicted molar refractivity (Wildman–Crippen MR) is 115 cm³/mol. The number of anilines is 1. The molecule has 0 saturated carbocycles. The van der Waals surface area contributed by atoms with Crippen LogP contribution in [0.5, 0.6) is 0 Å². The van der Waals surface area contributed by atoms with Crippen molar-refractivity contribution in [3.63, 3.8) is 0 Å². The number of rotatable bonds is 6. The number of aromatic nitrogens is 2. The third-order valence-electron chi connectivity index (χ3n) is 4.53. The zero-order chi connectivity index (χ0) is 20.2. The molecule has 0 radical (unpaired) electrons. The van der Waals surface area contributed by atoms with Gasteiger partial charge in [0.15, 0.2) is 4.96 Å². The zero-order valence-corrected chi connectivity index (χ0v) is 16.6. The summed E-state index contributed by atoms with van der Waals surface area (Å²) in [5, 5.41) is 7.74. The number of nitrogens with one attached hydrogen (secondary N) is 2. The number of fused-ring (bicyclic) bond motifs is 1. The van der Waals surface area contributed by atoms with Gasteiger partial charge in [0.25, 0.3) is 0 Å². The molecule has 2 aromatic carbocycles. The predicted octanol–water partition coefficient (Wildman–Crippen LogP) is 4.27. The van der Waals surface area contributed by atoms with Crippen LogP contribution in [0.4, 0.5) is 5.69 Å². The molecule has 0 spiro atoms. The maximum Gasteiger partial charge on any atom is 0.226 e. The van der Waals surface area contributed by atoms with Gasteiger partial charge in [0.2, 0.25) is 11.8 Å². The Balaban J connectivity index is 1.43. The van der Waals surface area contributed by atoms with Gasteiger partial charge in [-0.25, -0.2) is 4.98 Å². The third kappa shape index (κ3) is 4.52. The zero-order valence-electron chi connectivity index (χ0n) is 15.8. The smallest absolute Gasteiger partial charge is 0.226 e. The molecule has 146 valence electrons. The van der Waals surface area contributed by atoms with Crippen LogP contribution in [0.3, 0.4) is 0 Å². The number of nitrogens with zero attached hydrogens (tertiary/aromatic N) is 2. The van der Waals surface area contributed by atoms with Crippen LogP contribution >= 0.6 is 11.3 Å². The minimum absolute atomic E-state index is 0.155. The maximum absolute atomic E-state index is 12.5. The minimum Gasteiger partial charge on any atom is -0.349 e. The number of thiazole rings is 1. The Kier molecular flexibility index (Phi) is 5.39. The van der Waals surface area contributed by atoms with E-state index < -0.39 is 0 Å². The van der Waals surface area contributed by atoms with Gasteiger partial charge < -0.3 is 10.6 Å². The molecule has 0 saturated heterocycles. The fourth-order valence-electron chi connectivity index (χ4n) is 3.17. The molecule has 4 aromatic rings. The lowest BCUT2D eigenvalue weighted by Crippen LogP contribution is -2.29. The van der Waals surface area contributed by atoms with Gasteiger partial charge in [-0.1, -0.05) is 42.5 Å². The molecule has 4 rings (SSSR count). The Morgan fingerprint density at radius 3 is 2.55 bits per heavy atom. The van der Waals surface area contributed by atoms with Gasteiger partial charge in [-0.15, -0.1) is 11.3 Å². The normalized spacial score (nSPS) is 11.9. The van der Waals surface area contributed by atoms with Crippen molar-refractivity contribution >= 4 is 33.8 Å². The van der Waals surface area contributed by atoms with Crippen molar-refractivity contribution in [2.75, 3.05) is 5.32 Å². The van der Waals surface area contributed by atoms with Crippen LogP contribution in [0.2, 0.25) is 0 Å². The summed E-state index contributed by atoms with van der Waals surface area (Å²) in [6.07, 6.45) is 4.11. The number of carbonyl (C=O) groups is 2. The summed E-state index contributed by atoms with van der Waals surface area (Å²) in [4.78, 5) is 29.6. The number of carbonyl (C=O) groups excluding carboxylic acids is 2. The molecule has 29 heavy (non-hydrogen) atoms. The highest BCUT2D eigenvalue weighted by molar-refractivity contribution is 7.15. The van der Waals surface area contributed by atoms with Crippen molar-refractivity contribution in [2.24, 2.45) is 0 Å². The van der Waals surface area contributed by atoms with Gasteiger partial charge in [-0.3, -0.25) is 14.0 Å². The Morgan fingerprint density at radius 1 is 1.10 bits per heavy atom. The van der Waals surface area contributed by atoms with Crippen molar-refractivity contribution in [3.05, 3.63) is 77.9 Å². The lowest BCUT2D eigenvalue weighted by atomic mass is 10.0. The first-order valence-electron chi connectivity index (χ1n) is 9.23. The van der Waals surface area contributed by atoms with Gasteiger partial charge in [0.05, 0.1) is 18.2 Å². The van der Waals surface area contributed by atoms with E-state index in [0.717, 1.165) is 21.8 Å². The molecule has 2 heterocycles. The molecular formula is C22H20N4O2S. The van der Waals surface area contributed by atoms with Crippen LogP contribution in [0.15, 0.2) is 72.4 Å². The van der Waals surface area contributed by atoms with Gasteiger partial charge >= 0.3 is 0 Å². The van der Waals surface area contributed by atoms with Gasteiger partial charge in [-0.05, 0) is 17.7 Å². The molecule has 0 aliphatic rings. The van der Waals surface area contributed by atoms with E-state index in [9.17, 15) is 9.59 Å². The maximum atomic E-state index is 12.5. The summed E-state index contributed by atoms with van der Waals surface area (Å²) in [7, 11) is 0. The standard InChI is InChI=1S/C22H20N4O2S/c1-15(27)23-19(16-5-3-2-4-6-16)13-21(28)24-18-9-7-17(8-10-18)20-14-26-11-12-29-22(26)25-20/h2-12,14,19H,13H2,1H3,(H,23,27)(H,24,28). The number of benzene rings is 2. The Morgan fingerprint density at radius 2 is 1.86 bits per heavy atom. The highest BCUT2D eigenvalue weighted by Crippen LogP contribution is 2.24. The second kappa shape index (κ2) is 8.28. The summed E-state index contributed by atoms with van der Waals surface area (Å²) >= 11 is 1.59. The molecule has 0 aliphatic heterocycles. The molecule has 2 N–H and O–H groups in total. The highest BCUT2D eigenvalue weighted by Gasteiger charge is 2.17. The minimum atomic E-state index is -0.369. The van der Waals surface area contributed by atoms with Gasteiger partial charge in [-0.2, -0.15) is 0 Å². The summed E-state index contributed by atoms with van der Waals surface area (Å²) in [6.45, 7) is 1.45. The van der Waals surface area contributed by atoms with E-state index in [2.05, 4.69) is 15.6 Å². The van der Waals surface area contributed by atoms with E-state index in [-0.39, 0.29) is 24.3 Å². The van der Waals surface area contributed by atoms with Crippen LogP contribution in [-0.4, -0.2) is 21.2 Å². The first-order chi connectivity index (χ1) is 14.1. The topological polar surface area (TPSA) is 75.5 Å². The highest BCUT2D eigenvalue weighted by atomic mass is 32.1. The van der Waals surface area contributed by atoms with E-state index in [1.807, 2.05) is 76.8 Å².